The first-order valence-electron chi connectivity index (χ1n) is 28.9. The van der Waals surface area contributed by atoms with Gasteiger partial charge in [-0.05, 0) is 144 Å². The van der Waals surface area contributed by atoms with Crippen LogP contribution in [-0.4, -0.2) is 15.8 Å². The van der Waals surface area contributed by atoms with E-state index in [1.165, 1.54) is 66.2 Å². The highest BCUT2D eigenvalue weighted by Gasteiger charge is 2.50. The molecule has 0 bridgehead atoms. The van der Waals surface area contributed by atoms with Gasteiger partial charge in [0.1, 0.15) is 0 Å². The monoisotopic (exact) mass is 1050 g/mol. The van der Waals surface area contributed by atoms with Crippen LogP contribution in [0.2, 0.25) is 0 Å². The highest BCUT2D eigenvalue weighted by Crippen LogP contribution is 2.56. The van der Waals surface area contributed by atoms with Gasteiger partial charge >= 0.3 is 0 Å². The molecule has 4 heteroatoms. The van der Waals surface area contributed by atoms with E-state index in [1.807, 2.05) is 0 Å². The summed E-state index contributed by atoms with van der Waals surface area (Å²) in [6, 6.07) is 84.7. The lowest BCUT2D eigenvalue weighted by atomic mass is 9.32. The highest BCUT2D eigenvalue weighted by atomic mass is 15.1. The van der Waals surface area contributed by atoms with Gasteiger partial charge in [-0.1, -0.05) is 254 Å². The minimum absolute atomic E-state index is 0.260. The van der Waals surface area contributed by atoms with Crippen LogP contribution in [0.4, 0.5) is 5.69 Å². The van der Waals surface area contributed by atoms with Crippen LogP contribution < -0.4 is 16.4 Å². The Balaban J connectivity index is 1.23. The number of rotatable bonds is 9. The third-order valence-electron chi connectivity index (χ3n) is 18.2. The number of aryl methyl sites for hydroxylation is 4. The molecule has 14 rings (SSSR count). The fraction of sp³-hybridized carbons (Fsp3) is 0.141. The molecule has 1 aliphatic rings. The van der Waals surface area contributed by atoms with E-state index in [-0.39, 0.29) is 17.5 Å². The lowest BCUT2D eigenvalue weighted by Gasteiger charge is -2.34. The Morgan fingerprint density at radius 1 is 0.341 bits per heavy atom. The number of hydrogen-bond acceptors (Lipinski definition) is 0. The molecule has 82 heavy (non-hydrogen) atoms. The zero-order valence-corrected chi connectivity index (χ0v) is 48.1. The molecule has 0 spiro atoms. The molecule has 2 heterocycles. The van der Waals surface area contributed by atoms with Crippen LogP contribution >= 0.6 is 0 Å². The van der Waals surface area contributed by atoms with E-state index in [1.54, 1.807) is 0 Å². The Morgan fingerprint density at radius 2 is 0.646 bits per heavy atom. The maximum absolute atomic E-state index is 10.2. The molecule has 0 N–H and O–H groups in total. The van der Waals surface area contributed by atoms with Gasteiger partial charge in [-0.3, -0.25) is 0 Å². The predicted molar refractivity (Wildman–Crippen MR) is 350 cm³/mol. The fourth-order valence-electron chi connectivity index (χ4n) is 15.0. The molecule has 0 amide bonds. The largest absolute Gasteiger partial charge is 0.317 e. The quantitative estimate of drug-likeness (QED) is 0.101. The SMILES string of the molecule is [C-]#[N+]c1c(B(c2c(C)cccc2C)c2c(C)cccc2C)c2c(c(-n3c4ccc(-c5ccccc5)cc4c4cc(-c5ccccc5)ccc43)c1-n1c3ccc(-c4ccccc4)cc3c3cc(-c4ccccc4)ccc31)C(C)(C)CC2(C)C. The van der Waals surface area contributed by atoms with Crippen molar-refractivity contribution in [3.05, 3.63) is 275 Å². The number of hydrogen-bond donors (Lipinski definition) is 0. The molecular weight excluding hydrogens is 990 g/mol. The summed E-state index contributed by atoms with van der Waals surface area (Å²) in [7, 11) is 0. The number of nitrogens with zero attached hydrogens (tertiary/aromatic N) is 3. The molecule has 3 nitrogen and oxygen atoms in total. The van der Waals surface area contributed by atoms with Gasteiger partial charge in [-0.2, -0.15) is 0 Å². The molecule has 13 aromatic rings. The van der Waals surface area contributed by atoms with Crippen LogP contribution in [0.3, 0.4) is 0 Å². The molecule has 0 fully saturated rings. The lowest BCUT2D eigenvalue weighted by molar-refractivity contribution is 0.403. The summed E-state index contributed by atoms with van der Waals surface area (Å²) in [5.41, 5.74) is 26.7. The van der Waals surface area contributed by atoms with Crippen LogP contribution in [0.15, 0.2) is 231 Å². The molecule has 0 atom stereocenters. The summed E-state index contributed by atoms with van der Waals surface area (Å²) in [6.45, 7) is 28.9. The van der Waals surface area contributed by atoms with Crippen molar-refractivity contribution in [2.24, 2.45) is 0 Å². The minimum atomic E-state index is -0.360. The second-order valence-corrected chi connectivity index (χ2v) is 24.4. The third kappa shape index (κ3) is 8.01. The van der Waals surface area contributed by atoms with Crippen molar-refractivity contribution in [2.75, 3.05) is 0 Å². The summed E-state index contributed by atoms with van der Waals surface area (Å²) in [5.74, 6) is 0. The van der Waals surface area contributed by atoms with Gasteiger partial charge in [0.2, 0.25) is 12.4 Å². The average Bonchev–Trinajstić information content (AvgIpc) is 1.58. The second kappa shape index (κ2) is 19.4. The normalized spacial score (nSPS) is 13.5. The first kappa shape index (κ1) is 50.8. The van der Waals surface area contributed by atoms with Crippen molar-refractivity contribution in [1.29, 1.82) is 0 Å². The van der Waals surface area contributed by atoms with Gasteiger partial charge in [0.25, 0.3) is 0 Å². The molecule has 0 saturated carbocycles. The van der Waals surface area contributed by atoms with Crippen LogP contribution in [0.5, 0.6) is 0 Å². The fourth-order valence-corrected chi connectivity index (χ4v) is 15.0. The molecule has 0 radical (unpaired) electrons. The second-order valence-electron chi connectivity index (χ2n) is 24.4. The summed E-state index contributed by atoms with van der Waals surface area (Å²) in [4.78, 5) is 5.11. The summed E-state index contributed by atoms with van der Waals surface area (Å²) in [6.07, 6.45) is 0.893. The number of aromatic nitrogens is 2. The molecule has 394 valence electrons. The molecular formula is C78H64BN3. The molecule has 0 saturated heterocycles. The molecule has 11 aromatic carbocycles. The Kier molecular flexibility index (Phi) is 12.0. The van der Waals surface area contributed by atoms with E-state index in [9.17, 15) is 6.57 Å². The lowest BCUT2D eigenvalue weighted by Crippen LogP contribution is -2.58. The molecule has 1 aliphatic carbocycles. The standard InChI is InChI=1S/C78H64BN3/c1-49-24-22-25-50(2)71(49)79(72-51(3)26-23-27-52(72)4)73-69-70(78(7,8)48-77(69,5)6)75(81-65-40-36-57(53-28-14-10-15-29-53)44-61(65)62-45-58(37-41-66(62)81)54-30-16-11-17-31-54)76(74(73)80-9)82-67-42-38-59(55-32-18-12-19-33-55)46-63(67)64-47-60(39-43-68(64)82)56-34-20-13-21-35-56/h10-47H,48H2,1-8H3. The molecule has 0 aliphatic heterocycles. The van der Waals surface area contributed by atoms with Crippen LogP contribution in [0, 0.1) is 34.3 Å². The van der Waals surface area contributed by atoms with Crippen molar-refractivity contribution in [1.82, 2.24) is 9.13 Å². The van der Waals surface area contributed by atoms with Gasteiger partial charge in [0.05, 0.1) is 40.0 Å². The van der Waals surface area contributed by atoms with E-state index >= 15 is 0 Å². The number of benzene rings is 11. The van der Waals surface area contributed by atoms with E-state index in [0.29, 0.717) is 5.69 Å². The maximum Gasteiger partial charge on any atom is 0.232 e. The van der Waals surface area contributed by atoms with Crippen molar-refractivity contribution < 1.29 is 0 Å². The van der Waals surface area contributed by atoms with E-state index < -0.39 is 0 Å². The van der Waals surface area contributed by atoms with Gasteiger partial charge in [-0.25, -0.2) is 4.85 Å². The summed E-state index contributed by atoms with van der Waals surface area (Å²) >= 11 is 0. The van der Waals surface area contributed by atoms with Crippen LogP contribution in [-0.2, 0) is 10.8 Å². The molecule has 0 unspecified atom stereocenters. The third-order valence-corrected chi connectivity index (χ3v) is 18.2. The highest BCUT2D eigenvalue weighted by molar-refractivity contribution is 6.98. The minimum Gasteiger partial charge on any atom is -0.317 e. The Hall–Kier alpha value is -9.43. The van der Waals surface area contributed by atoms with Gasteiger partial charge in [0.15, 0.2) is 0 Å². The van der Waals surface area contributed by atoms with Gasteiger partial charge in [-0.15, -0.1) is 0 Å². The van der Waals surface area contributed by atoms with Crippen molar-refractivity contribution in [3.8, 4) is 55.9 Å². The Labute approximate surface area is 482 Å². The zero-order chi connectivity index (χ0) is 56.2. The van der Waals surface area contributed by atoms with Crippen molar-refractivity contribution in [3.63, 3.8) is 0 Å². The van der Waals surface area contributed by atoms with Gasteiger partial charge in [0, 0.05) is 21.5 Å². The Morgan fingerprint density at radius 3 is 0.963 bits per heavy atom. The van der Waals surface area contributed by atoms with Crippen LogP contribution in [0.1, 0.15) is 67.5 Å². The van der Waals surface area contributed by atoms with Crippen molar-refractivity contribution in [2.45, 2.75) is 72.6 Å². The first-order valence-corrected chi connectivity index (χ1v) is 28.9. The number of fused-ring (bicyclic) bond motifs is 7. The predicted octanol–water partition coefficient (Wildman–Crippen LogP) is 18.8. The zero-order valence-electron chi connectivity index (χ0n) is 48.1. The first-order chi connectivity index (χ1) is 39.8. The smallest absolute Gasteiger partial charge is 0.232 e. The Bertz CT molecular complexity index is 4460. The van der Waals surface area contributed by atoms with Crippen LogP contribution in [0.25, 0.3) is 104 Å². The van der Waals surface area contributed by atoms with E-state index in [2.05, 4.69) is 295 Å². The molecule has 2 aromatic heterocycles. The van der Waals surface area contributed by atoms with Crippen molar-refractivity contribution >= 4 is 72.4 Å². The summed E-state index contributed by atoms with van der Waals surface area (Å²) in [5, 5.41) is 4.62. The average molecular weight is 1050 g/mol. The van der Waals surface area contributed by atoms with E-state index in [0.717, 1.165) is 89.5 Å². The van der Waals surface area contributed by atoms with E-state index in [4.69, 9.17) is 4.85 Å². The topological polar surface area (TPSA) is 14.2 Å². The van der Waals surface area contributed by atoms with Gasteiger partial charge < -0.3 is 9.13 Å². The maximum atomic E-state index is 10.2. The summed E-state index contributed by atoms with van der Waals surface area (Å²) < 4.78 is 5.11.